The van der Waals surface area contributed by atoms with Crippen LogP contribution >= 0.6 is 27.5 Å². The number of halogens is 2. The molecule has 0 aliphatic heterocycles. The first-order chi connectivity index (χ1) is 12.5. The Balaban J connectivity index is 2.00. The standard InChI is InChI=1S/C20H21BrClN3O/c1-3-24(4-2)19(26)12-10-17-20(14-5-7-15(21)8-6-14)23-18-11-9-16(22)13-25(17)18/h5-9,11,13H,3-4,10,12H2,1-2H3. The smallest absolute Gasteiger partial charge is 0.222 e. The van der Waals surface area contributed by atoms with E-state index in [0.717, 1.165) is 40.2 Å². The van der Waals surface area contributed by atoms with Crippen molar-refractivity contribution in [3.63, 3.8) is 0 Å². The molecule has 1 aromatic carbocycles. The van der Waals surface area contributed by atoms with Crippen molar-refractivity contribution in [3.05, 3.63) is 57.8 Å². The van der Waals surface area contributed by atoms with E-state index in [1.807, 2.05) is 65.7 Å². The van der Waals surface area contributed by atoms with Gasteiger partial charge in [-0.15, -0.1) is 0 Å². The molecule has 136 valence electrons. The molecule has 4 nitrogen and oxygen atoms in total. The quantitative estimate of drug-likeness (QED) is 0.533. The molecule has 0 bridgehead atoms. The van der Waals surface area contributed by atoms with Gasteiger partial charge in [0.25, 0.3) is 0 Å². The molecule has 6 heteroatoms. The Morgan fingerprint density at radius 3 is 2.50 bits per heavy atom. The minimum Gasteiger partial charge on any atom is -0.343 e. The van der Waals surface area contributed by atoms with E-state index in [4.69, 9.17) is 16.6 Å². The number of fused-ring (bicyclic) bond motifs is 1. The summed E-state index contributed by atoms with van der Waals surface area (Å²) in [7, 11) is 0. The van der Waals surface area contributed by atoms with Crippen molar-refractivity contribution in [1.82, 2.24) is 14.3 Å². The van der Waals surface area contributed by atoms with Gasteiger partial charge in [0.2, 0.25) is 5.91 Å². The summed E-state index contributed by atoms with van der Waals surface area (Å²) < 4.78 is 3.02. The Morgan fingerprint density at radius 2 is 1.85 bits per heavy atom. The van der Waals surface area contributed by atoms with E-state index in [1.54, 1.807) is 0 Å². The SMILES string of the molecule is CCN(CC)C(=O)CCc1c(-c2ccc(Br)cc2)nc2ccc(Cl)cn12. The first kappa shape index (κ1) is 18.9. The van der Waals surface area contributed by atoms with Gasteiger partial charge in [-0.2, -0.15) is 0 Å². The first-order valence-electron chi connectivity index (χ1n) is 8.73. The predicted molar refractivity (Wildman–Crippen MR) is 110 cm³/mol. The molecular formula is C20H21BrClN3O. The van der Waals surface area contributed by atoms with Crippen molar-refractivity contribution in [1.29, 1.82) is 0 Å². The van der Waals surface area contributed by atoms with Crippen LogP contribution in [0.5, 0.6) is 0 Å². The highest BCUT2D eigenvalue weighted by Gasteiger charge is 2.17. The molecule has 0 radical (unpaired) electrons. The van der Waals surface area contributed by atoms with Gasteiger partial charge in [0, 0.05) is 35.7 Å². The monoisotopic (exact) mass is 433 g/mol. The highest BCUT2D eigenvalue weighted by atomic mass is 79.9. The first-order valence-corrected chi connectivity index (χ1v) is 9.90. The van der Waals surface area contributed by atoms with Crippen LogP contribution in [0.15, 0.2) is 47.1 Å². The van der Waals surface area contributed by atoms with Crippen molar-refractivity contribution in [2.75, 3.05) is 13.1 Å². The molecule has 2 heterocycles. The van der Waals surface area contributed by atoms with Gasteiger partial charge in [-0.1, -0.05) is 39.7 Å². The summed E-state index contributed by atoms with van der Waals surface area (Å²) in [4.78, 5) is 19.1. The van der Waals surface area contributed by atoms with Gasteiger partial charge in [-0.3, -0.25) is 4.79 Å². The topological polar surface area (TPSA) is 37.6 Å². The molecule has 0 fully saturated rings. The van der Waals surface area contributed by atoms with Crippen molar-refractivity contribution < 1.29 is 4.79 Å². The maximum absolute atomic E-state index is 12.5. The zero-order valence-electron chi connectivity index (χ0n) is 14.9. The average Bonchev–Trinajstić information content (AvgIpc) is 2.99. The molecule has 0 spiro atoms. The summed E-state index contributed by atoms with van der Waals surface area (Å²) in [6.45, 7) is 5.47. The van der Waals surface area contributed by atoms with Gasteiger partial charge in [0.15, 0.2) is 0 Å². The molecule has 0 unspecified atom stereocenters. The number of pyridine rings is 1. The number of hydrogen-bond acceptors (Lipinski definition) is 2. The summed E-state index contributed by atoms with van der Waals surface area (Å²) >= 11 is 9.66. The molecule has 3 aromatic rings. The van der Waals surface area contributed by atoms with Crippen LogP contribution in [0.1, 0.15) is 26.0 Å². The molecular weight excluding hydrogens is 414 g/mol. The van der Waals surface area contributed by atoms with Gasteiger partial charge in [0.1, 0.15) is 5.65 Å². The highest BCUT2D eigenvalue weighted by molar-refractivity contribution is 9.10. The average molecular weight is 435 g/mol. The fraction of sp³-hybridized carbons (Fsp3) is 0.300. The third-order valence-electron chi connectivity index (χ3n) is 4.49. The van der Waals surface area contributed by atoms with Crippen molar-refractivity contribution >= 4 is 39.1 Å². The van der Waals surface area contributed by atoms with Crippen LogP contribution in [0, 0.1) is 0 Å². The number of carbonyl (C=O) groups is 1. The van der Waals surface area contributed by atoms with Crippen LogP contribution in [0.3, 0.4) is 0 Å². The molecule has 0 aliphatic rings. The number of imidazole rings is 1. The van der Waals surface area contributed by atoms with Gasteiger partial charge in [-0.25, -0.2) is 4.98 Å². The van der Waals surface area contributed by atoms with Crippen LogP contribution in [0.2, 0.25) is 5.02 Å². The Kier molecular flexibility index (Phi) is 5.99. The molecule has 0 saturated heterocycles. The number of rotatable bonds is 6. The van der Waals surface area contributed by atoms with Gasteiger partial charge >= 0.3 is 0 Å². The summed E-state index contributed by atoms with van der Waals surface area (Å²) in [5.41, 5.74) is 3.76. The summed E-state index contributed by atoms with van der Waals surface area (Å²) in [5.74, 6) is 0.161. The highest BCUT2D eigenvalue weighted by Crippen LogP contribution is 2.28. The zero-order valence-corrected chi connectivity index (χ0v) is 17.2. The van der Waals surface area contributed by atoms with Crippen LogP contribution in [-0.2, 0) is 11.2 Å². The van der Waals surface area contributed by atoms with Crippen LogP contribution in [0.4, 0.5) is 0 Å². The fourth-order valence-electron chi connectivity index (χ4n) is 3.10. The van der Waals surface area contributed by atoms with Crippen LogP contribution < -0.4 is 0 Å². The molecule has 0 atom stereocenters. The van der Waals surface area contributed by atoms with Crippen LogP contribution in [0.25, 0.3) is 16.9 Å². The number of hydrogen-bond donors (Lipinski definition) is 0. The maximum Gasteiger partial charge on any atom is 0.222 e. The molecule has 26 heavy (non-hydrogen) atoms. The molecule has 0 N–H and O–H groups in total. The Labute approximate surface area is 166 Å². The minimum atomic E-state index is 0.161. The molecule has 1 amide bonds. The lowest BCUT2D eigenvalue weighted by atomic mass is 10.1. The van der Waals surface area contributed by atoms with Crippen molar-refractivity contribution in [3.8, 4) is 11.3 Å². The van der Waals surface area contributed by atoms with Gasteiger partial charge in [0.05, 0.1) is 16.4 Å². The van der Waals surface area contributed by atoms with E-state index in [0.29, 0.717) is 17.9 Å². The Hall–Kier alpha value is -1.85. The molecule has 2 aromatic heterocycles. The summed E-state index contributed by atoms with van der Waals surface area (Å²) in [6.07, 6.45) is 2.93. The lowest BCUT2D eigenvalue weighted by Gasteiger charge is -2.18. The molecule has 0 aliphatic carbocycles. The largest absolute Gasteiger partial charge is 0.343 e. The number of aryl methyl sites for hydroxylation is 1. The number of aromatic nitrogens is 2. The van der Waals surface area contributed by atoms with Gasteiger partial charge in [-0.05, 0) is 44.5 Å². The fourth-order valence-corrected chi connectivity index (χ4v) is 3.53. The summed E-state index contributed by atoms with van der Waals surface area (Å²) in [6, 6.07) is 11.8. The van der Waals surface area contributed by atoms with E-state index in [1.165, 1.54) is 0 Å². The second kappa shape index (κ2) is 8.23. The van der Waals surface area contributed by atoms with Crippen molar-refractivity contribution in [2.45, 2.75) is 26.7 Å². The minimum absolute atomic E-state index is 0.161. The molecule has 0 saturated carbocycles. The van der Waals surface area contributed by atoms with Crippen molar-refractivity contribution in [2.24, 2.45) is 0 Å². The number of amides is 1. The zero-order chi connectivity index (χ0) is 18.7. The van der Waals surface area contributed by atoms with E-state index < -0.39 is 0 Å². The van der Waals surface area contributed by atoms with E-state index in [-0.39, 0.29) is 5.91 Å². The predicted octanol–water partition coefficient (Wildman–Crippen LogP) is 5.22. The lowest BCUT2D eigenvalue weighted by Crippen LogP contribution is -2.30. The third-order valence-corrected chi connectivity index (χ3v) is 5.24. The number of benzene rings is 1. The van der Waals surface area contributed by atoms with E-state index in [9.17, 15) is 4.79 Å². The summed E-state index contributed by atoms with van der Waals surface area (Å²) in [5, 5.41) is 0.647. The van der Waals surface area contributed by atoms with Crippen LogP contribution in [-0.4, -0.2) is 33.3 Å². The normalized spacial score (nSPS) is 11.1. The maximum atomic E-state index is 12.5. The second-order valence-electron chi connectivity index (χ2n) is 6.06. The van der Waals surface area contributed by atoms with Gasteiger partial charge < -0.3 is 9.30 Å². The van der Waals surface area contributed by atoms with E-state index in [2.05, 4.69) is 15.9 Å². The molecule has 3 rings (SSSR count). The Morgan fingerprint density at radius 1 is 1.15 bits per heavy atom. The number of nitrogens with zero attached hydrogens (tertiary/aromatic N) is 3. The number of carbonyl (C=O) groups excluding carboxylic acids is 1. The second-order valence-corrected chi connectivity index (χ2v) is 7.41. The van der Waals surface area contributed by atoms with E-state index >= 15 is 0 Å². The lowest BCUT2D eigenvalue weighted by molar-refractivity contribution is -0.130. The third kappa shape index (κ3) is 3.94. The Bertz CT molecular complexity index is 917.